The number of hydrogen-bond acceptors (Lipinski definition) is 4. The molecule has 0 spiro atoms. The molecule has 3 rings (SSSR count). The van der Waals surface area contributed by atoms with Gasteiger partial charge >= 0.3 is 5.97 Å². The normalized spacial score (nSPS) is 16.9. The number of anilines is 1. The number of hydrogen-bond donors (Lipinski definition) is 2. The first-order valence-electron chi connectivity index (χ1n) is 8.71. The van der Waals surface area contributed by atoms with E-state index in [9.17, 15) is 24.3 Å². The van der Waals surface area contributed by atoms with Crippen LogP contribution in [0.25, 0.3) is 0 Å². The summed E-state index contributed by atoms with van der Waals surface area (Å²) >= 11 is 1.40. The van der Waals surface area contributed by atoms with Crippen LogP contribution in [0.4, 0.5) is 9.39 Å². The van der Waals surface area contributed by atoms with Crippen LogP contribution in [-0.4, -0.2) is 17.0 Å². The van der Waals surface area contributed by atoms with Crippen LogP contribution in [0.3, 0.4) is 0 Å². The summed E-state index contributed by atoms with van der Waals surface area (Å²) in [6, 6.07) is 7.26. The molecular formula is C20H19FN2O3S. The molecule has 0 fully saturated rings. The third kappa shape index (κ3) is 4.17. The van der Waals surface area contributed by atoms with Gasteiger partial charge in [0.05, 0.1) is 11.5 Å². The summed E-state index contributed by atoms with van der Waals surface area (Å²) in [5.41, 5.74) is 1.85. The fourth-order valence-corrected chi connectivity index (χ4v) is 4.74. The fourth-order valence-electron chi connectivity index (χ4n) is 3.36. The summed E-state index contributed by atoms with van der Waals surface area (Å²) in [6.45, 7) is 2.16. The van der Waals surface area contributed by atoms with Gasteiger partial charge in [0.25, 0.3) is 0 Å². The largest absolute Gasteiger partial charge is 0.481 e. The number of carbonyl (C=O) groups excluding carboxylic acids is 1. The van der Waals surface area contributed by atoms with Crippen LogP contribution in [0.2, 0.25) is 0 Å². The van der Waals surface area contributed by atoms with Gasteiger partial charge < -0.3 is 10.4 Å². The predicted octanol–water partition coefficient (Wildman–Crippen LogP) is 4.08. The average molecular weight is 386 g/mol. The Morgan fingerprint density at radius 3 is 2.74 bits per heavy atom. The number of benzene rings is 1. The first-order chi connectivity index (χ1) is 12.9. The monoisotopic (exact) mass is 386 g/mol. The van der Waals surface area contributed by atoms with Crippen molar-refractivity contribution in [3.63, 3.8) is 0 Å². The van der Waals surface area contributed by atoms with Crippen molar-refractivity contribution in [1.29, 1.82) is 5.26 Å². The van der Waals surface area contributed by atoms with E-state index in [4.69, 9.17) is 0 Å². The van der Waals surface area contributed by atoms with E-state index in [1.165, 1.54) is 35.6 Å². The van der Waals surface area contributed by atoms with Gasteiger partial charge in [-0.1, -0.05) is 19.1 Å². The highest BCUT2D eigenvalue weighted by Gasteiger charge is 2.27. The van der Waals surface area contributed by atoms with Crippen molar-refractivity contribution < 1.29 is 19.1 Å². The molecule has 0 aliphatic heterocycles. The number of aliphatic carboxylic acids is 1. The summed E-state index contributed by atoms with van der Waals surface area (Å²) in [5.74, 6) is -2.64. The smallest absolute Gasteiger partial charge is 0.311 e. The van der Waals surface area contributed by atoms with E-state index in [1.807, 2.05) is 0 Å². The zero-order valence-corrected chi connectivity index (χ0v) is 15.6. The molecule has 7 heteroatoms. The summed E-state index contributed by atoms with van der Waals surface area (Å²) < 4.78 is 13.1. The van der Waals surface area contributed by atoms with Gasteiger partial charge in [0, 0.05) is 11.3 Å². The van der Waals surface area contributed by atoms with E-state index in [-0.39, 0.29) is 6.42 Å². The summed E-state index contributed by atoms with van der Waals surface area (Å²) in [6.07, 6.45) is 2.43. The second-order valence-corrected chi connectivity index (χ2v) is 7.97. The Morgan fingerprint density at radius 2 is 2.11 bits per heavy atom. The minimum absolute atomic E-state index is 0.287. The van der Waals surface area contributed by atoms with Gasteiger partial charge in [-0.15, -0.1) is 11.3 Å². The van der Waals surface area contributed by atoms with Gasteiger partial charge in [-0.2, -0.15) is 5.26 Å². The molecule has 0 saturated heterocycles. The fraction of sp³-hybridized carbons (Fsp3) is 0.350. The third-order valence-electron chi connectivity index (χ3n) is 4.84. The van der Waals surface area contributed by atoms with E-state index in [0.717, 1.165) is 29.7 Å². The second-order valence-electron chi connectivity index (χ2n) is 6.86. The van der Waals surface area contributed by atoms with Crippen LogP contribution >= 0.6 is 11.3 Å². The number of nitrogens with one attached hydrogen (secondary N) is 1. The maximum absolute atomic E-state index is 13.1. The number of carboxylic acids is 1. The third-order valence-corrected chi connectivity index (χ3v) is 6.01. The zero-order chi connectivity index (χ0) is 19.6. The number of amides is 1. The van der Waals surface area contributed by atoms with Crippen molar-refractivity contribution in [1.82, 2.24) is 0 Å². The number of nitriles is 1. The molecule has 2 atom stereocenters. The van der Waals surface area contributed by atoms with Crippen LogP contribution in [0, 0.1) is 23.1 Å². The van der Waals surface area contributed by atoms with Gasteiger partial charge in [-0.25, -0.2) is 4.39 Å². The molecule has 1 amide bonds. The van der Waals surface area contributed by atoms with Gasteiger partial charge in [0.1, 0.15) is 16.9 Å². The minimum atomic E-state index is -1.16. The lowest BCUT2D eigenvalue weighted by Crippen LogP contribution is -2.21. The maximum Gasteiger partial charge on any atom is 0.311 e. The van der Waals surface area contributed by atoms with E-state index >= 15 is 0 Å². The standard InChI is InChI=1S/C20H19FN2O3S/c1-11-2-7-14-16(10-22)19(27-17(14)8-11)23-18(24)9-15(20(25)26)12-3-5-13(21)6-4-12/h3-6,11,15H,2,7-9H2,1H3,(H,23,24)(H,25,26)/t11-,15+/m0/s1. The molecule has 0 radical (unpaired) electrons. The van der Waals surface area contributed by atoms with Crippen molar-refractivity contribution in [3.05, 3.63) is 51.7 Å². The molecule has 0 saturated carbocycles. The highest BCUT2D eigenvalue weighted by molar-refractivity contribution is 7.16. The Morgan fingerprint density at radius 1 is 1.41 bits per heavy atom. The highest BCUT2D eigenvalue weighted by Crippen LogP contribution is 2.39. The first-order valence-corrected chi connectivity index (χ1v) is 9.53. The van der Waals surface area contributed by atoms with Gasteiger partial charge in [0.2, 0.25) is 5.91 Å². The Balaban J connectivity index is 1.78. The molecule has 27 heavy (non-hydrogen) atoms. The molecule has 1 aromatic carbocycles. The van der Waals surface area contributed by atoms with E-state index in [1.54, 1.807) is 0 Å². The summed E-state index contributed by atoms with van der Waals surface area (Å²) in [5, 5.41) is 22.2. The first kappa shape index (κ1) is 19.1. The Bertz CT molecular complexity index is 915. The molecule has 2 aromatic rings. The lowest BCUT2D eigenvalue weighted by molar-refractivity contribution is -0.140. The van der Waals surface area contributed by atoms with Crippen LogP contribution in [0.1, 0.15) is 47.3 Å². The zero-order valence-electron chi connectivity index (χ0n) is 14.8. The summed E-state index contributed by atoms with van der Waals surface area (Å²) in [7, 11) is 0. The molecule has 5 nitrogen and oxygen atoms in total. The molecule has 1 aliphatic carbocycles. The van der Waals surface area contributed by atoms with Crippen molar-refractivity contribution >= 4 is 28.2 Å². The molecular weight excluding hydrogens is 367 g/mol. The SMILES string of the molecule is C[C@H]1CCc2c(sc(NC(=O)C[C@@H](C(=O)O)c3ccc(F)cc3)c2C#N)C1. The quantitative estimate of drug-likeness (QED) is 0.810. The molecule has 0 unspecified atom stereocenters. The van der Waals surface area contributed by atoms with Crippen LogP contribution < -0.4 is 5.32 Å². The highest BCUT2D eigenvalue weighted by atomic mass is 32.1. The summed E-state index contributed by atoms with van der Waals surface area (Å²) in [4.78, 5) is 25.1. The maximum atomic E-state index is 13.1. The molecule has 2 N–H and O–H groups in total. The molecule has 1 aliphatic rings. The van der Waals surface area contributed by atoms with E-state index in [2.05, 4.69) is 18.3 Å². The average Bonchev–Trinajstić information content (AvgIpc) is 2.96. The Labute approximate surface area is 160 Å². The Kier molecular flexibility index (Phi) is 5.57. The minimum Gasteiger partial charge on any atom is -0.481 e. The number of halogens is 1. The van der Waals surface area contributed by atoms with E-state index < -0.39 is 23.6 Å². The lowest BCUT2D eigenvalue weighted by Gasteiger charge is -2.17. The van der Waals surface area contributed by atoms with Crippen LogP contribution in [0.5, 0.6) is 0 Å². The Hall–Kier alpha value is -2.72. The second kappa shape index (κ2) is 7.89. The van der Waals surface area contributed by atoms with Gasteiger partial charge in [-0.05, 0) is 48.4 Å². The molecule has 1 aromatic heterocycles. The molecule has 1 heterocycles. The topological polar surface area (TPSA) is 90.2 Å². The van der Waals surface area contributed by atoms with Gasteiger partial charge in [0.15, 0.2) is 0 Å². The van der Waals surface area contributed by atoms with E-state index in [0.29, 0.717) is 22.0 Å². The van der Waals surface area contributed by atoms with Gasteiger partial charge in [-0.3, -0.25) is 9.59 Å². The lowest BCUT2D eigenvalue weighted by atomic mass is 9.88. The number of nitrogens with zero attached hydrogens (tertiary/aromatic N) is 1. The van der Waals surface area contributed by atoms with Crippen LogP contribution in [0.15, 0.2) is 24.3 Å². The van der Waals surface area contributed by atoms with Crippen LogP contribution in [-0.2, 0) is 22.4 Å². The molecule has 140 valence electrons. The number of fused-ring (bicyclic) bond motifs is 1. The number of rotatable bonds is 5. The van der Waals surface area contributed by atoms with Crippen molar-refractivity contribution in [2.75, 3.05) is 5.32 Å². The number of carbonyl (C=O) groups is 2. The number of carboxylic acid groups (broad SMARTS) is 1. The van der Waals surface area contributed by atoms with Crippen molar-refractivity contribution in [2.24, 2.45) is 5.92 Å². The number of thiophene rings is 1. The van der Waals surface area contributed by atoms with Crippen molar-refractivity contribution in [3.8, 4) is 6.07 Å². The molecule has 0 bridgehead atoms. The predicted molar refractivity (Wildman–Crippen MR) is 100 cm³/mol. The van der Waals surface area contributed by atoms with Crippen molar-refractivity contribution in [2.45, 2.75) is 38.5 Å².